The van der Waals surface area contributed by atoms with Gasteiger partial charge in [-0.15, -0.1) is 0 Å². The van der Waals surface area contributed by atoms with Gasteiger partial charge in [-0.1, -0.05) is 30.2 Å². The van der Waals surface area contributed by atoms with E-state index in [1.807, 2.05) is 6.07 Å². The van der Waals surface area contributed by atoms with E-state index >= 15 is 0 Å². The second-order valence-corrected chi connectivity index (χ2v) is 12.0. The summed E-state index contributed by atoms with van der Waals surface area (Å²) in [5.74, 6) is 0.0587. The Labute approximate surface area is 254 Å². The summed E-state index contributed by atoms with van der Waals surface area (Å²) in [5, 5.41) is 11.7. The molecule has 0 amide bonds. The predicted molar refractivity (Wildman–Crippen MR) is 165 cm³/mol. The van der Waals surface area contributed by atoms with E-state index in [0.717, 1.165) is 44.5 Å². The number of esters is 1. The highest BCUT2D eigenvalue weighted by Crippen LogP contribution is 2.35. The Morgan fingerprint density at radius 3 is 2.57 bits per heavy atom. The number of halogens is 1. The van der Waals surface area contributed by atoms with Crippen molar-refractivity contribution in [2.24, 2.45) is 4.99 Å². The van der Waals surface area contributed by atoms with E-state index in [9.17, 15) is 19.7 Å². The zero-order valence-corrected chi connectivity index (χ0v) is 26.0. The lowest BCUT2D eigenvalue weighted by Crippen LogP contribution is -2.40. The van der Waals surface area contributed by atoms with Crippen LogP contribution in [-0.2, 0) is 9.53 Å². The predicted octanol–water partition coefficient (Wildman–Crippen LogP) is 4.86. The molecule has 0 saturated carbocycles. The molecule has 1 fully saturated rings. The molecule has 0 unspecified atom stereocenters. The van der Waals surface area contributed by atoms with Gasteiger partial charge in [0.1, 0.15) is 5.75 Å². The van der Waals surface area contributed by atoms with Crippen molar-refractivity contribution in [2.45, 2.75) is 45.6 Å². The Kier molecular flexibility index (Phi) is 8.93. The number of aromatic nitrogens is 1. The number of hydrogen-bond donors (Lipinski definition) is 0. The lowest BCUT2D eigenvalue weighted by atomic mass is 9.96. The maximum absolute atomic E-state index is 14.1. The molecule has 12 heteroatoms. The van der Waals surface area contributed by atoms with Crippen LogP contribution in [0.25, 0.3) is 6.08 Å². The van der Waals surface area contributed by atoms with Crippen LogP contribution in [0.15, 0.2) is 61.9 Å². The molecule has 10 nitrogen and oxygen atoms in total. The van der Waals surface area contributed by atoms with Gasteiger partial charge in [-0.2, -0.15) is 0 Å². The fourth-order valence-electron chi connectivity index (χ4n) is 5.47. The van der Waals surface area contributed by atoms with Crippen molar-refractivity contribution in [3.8, 4) is 5.75 Å². The SMILES string of the molecule is CCOC(=O)C1=C(C)N=c2s/c(=C\c3cc([N+](=O)[O-])ccc3N3CCCCCC3)c(=O)n2[C@@H]1c1ccc(OC)c(Br)c1. The topological polar surface area (TPSA) is 116 Å². The first-order valence-corrected chi connectivity index (χ1v) is 15.4. The number of carbonyl (C=O) groups is 1. The minimum atomic E-state index is -0.792. The van der Waals surface area contributed by atoms with E-state index in [1.54, 1.807) is 45.2 Å². The summed E-state index contributed by atoms with van der Waals surface area (Å²) in [4.78, 5) is 45.9. The average Bonchev–Trinajstić information content (AvgIpc) is 3.12. The summed E-state index contributed by atoms with van der Waals surface area (Å²) in [6.45, 7) is 5.31. The van der Waals surface area contributed by atoms with Gasteiger partial charge in [0.15, 0.2) is 4.80 Å². The number of nitro groups is 1. The minimum Gasteiger partial charge on any atom is -0.496 e. The Morgan fingerprint density at radius 2 is 1.93 bits per heavy atom. The van der Waals surface area contributed by atoms with Gasteiger partial charge < -0.3 is 14.4 Å². The van der Waals surface area contributed by atoms with Crippen LogP contribution in [-0.4, -0.2) is 42.3 Å². The lowest BCUT2D eigenvalue weighted by molar-refractivity contribution is -0.384. The Balaban J connectivity index is 1.72. The molecule has 1 saturated heterocycles. The van der Waals surface area contributed by atoms with Crippen LogP contribution in [0.3, 0.4) is 0 Å². The van der Waals surface area contributed by atoms with Crippen molar-refractivity contribution in [3.63, 3.8) is 0 Å². The van der Waals surface area contributed by atoms with E-state index in [4.69, 9.17) is 9.47 Å². The number of hydrogen-bond acceptors (Lipinski definition) is 9. The first-order chi connectivity index (χ1) is 20.2. The van der Waals surface area contributed by atoms with Crippen LogP contribution in [0.2, 0.25) is 0 Å². The summed E-state index contributed by atoms with van der Waals surface area (Å²) < 4.78 is 13.3. The van der Waals surface area contributed by atoms with Gasteiger partial charge in [-0.25, -0.2) is 9.79 Å². The Morgan fingerprint density at radius 1 is 1.19 bits per heavy atom. The monoisotopic (exact) mass is 654 g/mol. The summed E-state index contributed by atoms with van der Waals surface area (Å²) in [6, 6.07) is 9.40. The highest BCUT2D eigenvalue weighted by atomic mass is 79.9. The fraction of sp³-hybridized carbons (Fsp3) is 0.367. The number of benzene rings is 2. The molecule has 0 N–H and O–H groups in total. The molecule has 3 heterocycles. The number of ether oxygens (including phenoxy) is 2. The molecule has 5 rings (SSSR count). The molecular formula is C30H31BrN4O6S. The molecule has 2 aromatic carbocycles. The lowest BCUT2D eigenvalue weighted by Gasteiger charge is -2.25. The molecule has 0 aliphatic carbocycles. The molecule has 2 aliphatic rings. The van der Waals surface area contributed by atoms with Gasteiger partial charge in [0, 0.05) is 36.5 Å². The first kappa shape index (κ1) is 29.7. The maximum atomic E-state index is 14.1. The van der Waals surface area contributed by atoms with Crippen LogP contribution >= 0.6 is 27.3 Å². The number of non-ortho nitro benzene ring substituents is 1. The number of rotatable bonds is 7. The van der Waals surface area contributed by atoms with Crippen molar-refractivity contribution in [2.75, 3.05) is 31.7 Å². The number of allylic oxidation sites excluding steroid dienone is 1. The van der Waals surface area contributed by atoms with Crippen molar-refractivity contribution < 1.29 is 19.2 Å². The highest BCUT2D eigenvalue weighted by molar-refractivity contribution is 9.10. The molecule has 3 aromatic rings. The Bertz CT molecular complexity index is 1750. The number of fused-ring (bicyclic) bond motifs is 1. The van der Waals surface area contributed by atoms with Crippen LogP contribution in [0, 0.1) is 10.1 Å². The van der Waals surface area contributed by atoms with Gasteiger partial charge in [0.2, 0.25) is 0 Å². The normalized spacial score (nSPS) is 17.4. The molecule has 0 radical (unpaired) electrons. The summed E-state index contributed by atoms with van der Waals surface area (Å²) in [6.07, 6.45) is 6.06. The second-order valence-electron chi connectivity index (χ2n) is 10.1. The van der Waals surface area contributed by atoms with Gasteiger partial charge in [-0.3, -0.25) is 19.5 Å². The molecule has 2 aliphatic heterocycles. The van der Waals surface area contributed by atoms with Gasteiger partial charge >= 0.3 is 5.97 Å². The number of anilines is 1. The molecule has 0 bridgehead atoms. The maximum Gasteiger partial charge on any atom is 0.338 e. The number of nitro benzene ring substituents is 1. The van der Waals surface area contributed by atoms with Crippen molar-refractivity contribution in [1.82, 2.24) is 4.57 Å². The van der Waals surface area contributed by atoms with E-state index in [2.05, 4.69) is 25.8 Å². The standard InChI is InChI=1S/C30H31BrN4O6S/c1-4-41-29(37)26-18(2)32-30-34(27(26)19-9-12-24(40-3)22(31)16-19)28(36)25(42-30)17-20-15-21(35(38)39)10-11-23(20)33-13-7-5-6-8-14-33/h9-12,15-17,27H,4-8,13-14H2,1-3H3/b25-17-/t27-/m1/s1. The van der Waals surface area contributed by atoms with Gasteiger partial charge in [-0.05, 0) is 72.5 Å². The molecule has 1 aromatic heterocycles. The van der Waals surface area contributed by atoms with E-state index in [1.165, 1.54) is 28.0 Å². The number of thiazole rings is 1. The van der Waals surface area contributed by atoms with E-state index < -0.39 is 16.9 Å². The molecule has 42 heavy (non-hydrogen) atoms. The van der Waals surface area contributed by atoms with Crippen molar-refractivity contribution >= 4 is 50.7 Å². The average molecular weight is 656 g/mol. The zero-order chi connectivity index (χ0) is 30.0. The fourth-order valence-corrected chi connectivity index (χ4v) is 7.07. The number of carbonyl (C=O) groups excluding carboxylic acids is 1. The molecular weight excluding hydrogens is 624 g/mol. The van der Waals surface area contributed by atoms with Crippen LogP contribution < -0.4 is 24.5 Å². The van der Waals surface area contributed by atoms with Crippen LogP contribution in [0.1, 0.15) is 56.7 Å². The third-order valence-corrected chi connectivity index (χ3v) is 9.07. The third-order valence-electron chi connectivity index (χ3n) is 7.46. The number of methoxy groups -OCH3 is 1. The van der Waals surface area contributed by atoms with Crippen LogP contribution in [0.4, 0.5) is 11.4 Å². The number of nitrogens with zero attached hydrogens (tertiary/aromatic N) is 4. The first-order valence-electron chi connectivity index (χ1n) is 13.8. The molecule has 0 spiro atoms. The van der Waals surface area contributed by atoms with E-state index in [-0.39, 0.29) is 23.4 Å². The quantitative estimate of drug-likeness (QED) is 0.203. The largest absolute Gasteiger partial charge is 0.496 e. The smallest absolute Gasteiger partial charge is 0.338 e. The highest BCUT2D eigenvalue weighted by Gasteiger charge is 2.33. The summed E-state index contributed by atoms with van der Waals surface area (Å²) in [5.41, 5.74) is 2.46. The Hall–Kier alpha value is -3.77. The van der Waals surface area contributed by atoms with Crippen molar-refractivity contribution in [1.29, 1.82) is 0 Å². The van der Waals surface area contributed by atoms with Gasteiger partial charge in [0.25, 0.3) is 11.2 Å². The van der Waals surface area contributed by atoms with Crippen LogP contribution in [0.5, 0.6) is 5.75 Å². The zero-order valence-electron chi connectivity index (χ0n) is 23.6. The second kappa shape index (κ2) is 12.6. The molecule has 220 valence electrons. The molecule has 1 atom stereocenters. The van der Waals surface area contributed by atoms with E-state index in [0.29, 0.717) is 36.4 Å². The third kappa shape index (κ3) is 5.78. The van der Waals surface area contributed by atoms with Gasteiger partial charge in [0.05, 0.1) is 45.0 Å². The summed E-state index contributed by atoms with van der Waals surface area (Å²) in [7, 11) is 1.56. The minimum absolute atomic E-state index is 0.0472. The van der Waals surface area contributed by atoms with Crippen molar-refractivity contribution in [3.05, 3.63) is 93.1 Å². The summed E-state index contributed by atoms with van der Waals surface area (Å²) >= 11 is 4.71.